The van der Waals surface area contributed by atoms with Crippen molar-refractivity contribution in [2.24, 2.45) is 0 Å². The van der Waals surface area contributed by atoms with Crippen LogP contribution in [-0.2, 0) is 24.3 Å². The van der Waals surface area contributed by atoms with Crippen molar-refractivity contribution in [1.82, 2.24) is 15.2 Å². The number of benzene rings is 1. The molecule has 0 unspecified atom stereocenters. The third kappa shape index (κ3) is 5.69. The number of aryl methyl sites for hydroxylation is 1. The summed E-state index contributed by atoms with van der Waals surface area (Å²) in [4.78, 5) is 18.8. The van der Waals surface area contributed by atoms with E-state index in [0.717, 1.165) is 30.3 Å². The highest BCUT2D eigenvalue weighted by Crippen LogP contribution is 2.12. The molecule has 1 amide bonds. The Morgan fingerprint density at radius 1 is 1.29 bits per heavy atom. The number of halogens is 1. The van der Waals surface area contributed by atoms with Crippen molar-refractivity contribution in [3.8, 4) is 0 Å². The van der Waals surface area contributed by atoms with Gasteiger partial charge >= 0.3 is 0 Å². The minimum Gasteiger partial charge on any atom is -0.350 e. The highest BCUT2D eigenvalue weighted by atomic mass is 32.1. The molecule has 2 aromatic rings. The van der Waals surface area contributed by atoms with Gasteiger partial charge in [0, 0.05) is 18.3 Å². The van der Waals surface area contributed by atoms with Crippen LogP contribution in [0.25, 0.3) is 0 Å². The Bertz CT molecular complexity index is 655. The zero-order valence-corrected chi connectivity index (χ0v) is 15.0. The van der Waals surface area contributed by atoms with Crippen molar-refractivity contribution in [3.05, 3.63) is 51.7 Å². The van der Waals surface area contributed by atoms with Crippen molar-refractivity contribution in [3.63, 3.8) is 0 Å². The molecule has 0 aliphatic carbocycles. The third-order valence-electron chi connectivity index (χ3n) is 3.90. The highest BCUT2D eigenvalue weighted by Gasteiger charge is 2.09. The molecular weight excluding hydrogens is 325 g/mol. The van der Waals surface area contributed by atoms with Gasteiger partial charge in [0.15, 0.2) is 0 Å². The van der Waals surface area contributed by atoms with E-state index in [2.05, 4.69) is 29.0 Å². The second kappa shape index (κ2) is 9.49. The molecule has 0 aliphatic rings. The number of rotatable bonds is 9. The first-order chi connectivity index (χ1) is 11.6. The van der Waals surface area contributed by atoms with Crippen LogP contribution in [0, 0.1) is 5.82 Å². The summed E-state index contributed by atoms with van der Waals surface area (Å²) in [5.74, 6) is -0.343. The molecule has 130 valence electrons. The van der Waals surface area contributed by atoms with Crippen LogP contribution in [0.2, 0.25) is 0 Å². The average molecular weight is 349 g/mol. The van der Waals surface area contributed by atoms with Crippen LogP contribution in [0.15, 0.2) is 29.6 Å². The number of carbonyl (C=O) groups excluding carboxylic acids is 1. The first-order valence-electron chi connectivity index (χ1n) is 8.28. The number of amides is 1. The molecule has 1 N–H and O–H groups in total. The predicted molar refractivity (Wildman–Crippen MR) is 95.3 cm³/mol. The minimum atomic E-state index is -0.258. The van der Waals surface area contributed by atoms with E-state index in [-0.39, 0.29) is 18.1 Å². The van der Waals surface area contributed by atoms with Gasteiger partial charge in [-0.15, -0.1) is 11.3 Å². The van der Waals surface area contributed by atoms with Crippen LogP contribution >= 0.6 is 11.3 Å². The maximum Gasteiger partial charge on any atom is 0.220 e. The van der Waals surface area contributed by atoms with Crippen LogP contribution in [0.3, 0.4) is 0 Å². The molecule has 1 aromatic heterocycles. The fourth-order valence-electron chi connectivity index (χ4n) is 2.39. The molecule has 0 saturated heterocycles. The molecule has 0 atom stereocenters. The molecule has 0 radical (unpaired) electrons. The second-order valence-electron chi connectivity index (χ2n) is 5.56. The average Bonchev–Trinajstić information content (AvgIpc) is 3.04. The number of hydrogen-bond acceptors (Lipinski definition) is 4. The summed E-state index contributed by atoms with van der Waals surface area (Å²) in [6.07, 6.45) is 0.683. The van der Waals surface area contributed by atoms with E-state index in [1.807, 2.05) is 5.38 Å². The van der Waals surface area contributed by atoms with Gasteiger partial charge in [-0.05, 0) is 31.1 Å². The summed E-state index contributed by atoms with van der Waals surface area (Å²) < 4.78 is 13.5. The number of nitrogens with one attached hydrogen (secondary N) is 1. The molecule has 0 bridgehead atoms. The number of aromatic nitrogens is 1. The molecule has 2 rings (SSSR count). The van der Waals surface area contributed by atoms with Gasteiger partial charge in [-0.3, -0.25) is 9.69 Å². The van der Waals surface area contributed by atoms with Gasteiger partial charge in [0.2, 0.25) is 5.91 Å². The van der Waals surface area contributed by atoms with Crippen LogP contribution in [0.4, 0.5) is 4.39 Å². The molecule has 4 nitrogen and oxygen atoms in total. The number of hydrogen-bond donors (Lipinski definition) is 1. The summed E-state index contributed by atoms with van der Waals surface area (Å²) >= 11 is 1.56. The number of carbonyl (C=O) groups is 1. The lowest BCUT2D eigenvalue weighted by Gasteiger charge is -2.15. The van der Waals surface area contributed by atoms with Crippen molar-refractivity contribution < 1.29 is 9.18 Å². The summed E-state index contributed by atoms with van der Waals surface area (Å²) in [6, 6.07) is 6.56. The summed E-state index contributed by atoms with van der Waals surface area (Å²) in [6.45, 7) is 7.52. The molecule has 0 fully saturated rings. The third-order valence-corrected chi connectivity index (χ3v) is 4.79. The Hall–Kier alpha value is -1.79. The zero-order chi connectivity index (χ0) is 17.4. The fourth-order valence-corrected chi connectivity index (χ4v) is 3.12. The largest absolute Gasteiger partial charge is 0.350 e. The van der Waals surface area contributed by atoms with Crippen molar-refractivity contribution in [2.75, 3.05) is 13.1 Å². The summed E-state index contributed by atoms with van der Waals surface area (Å²) in [5.41, 5.74) is 1.61. The SMILES string of the molecule is CCN(CC)Cc1csc(CNC(=O)CCc2ccccc2F)n1. The van der Waals surface area contributed by atoms with Crippen molar-refractivity contribution >= 4 is 17.2 Å². The van der Waals surface area contributed by atoms with E-state index < -0.39 is 0 Å². The lowest BCUT2D eigenvalue weighted by molar-refractivity contribution is -0.121. The fraction of sp³-hybridized carbons (Fsp3) is 0.444. The first kappa shape index (κ1) is 18.5. The number of nitrogens with zero attached hydrogens (tertiary/aromatic N) is 2. The quantitative estimate of drug-likeness (QED) is 0.755. The van der Waals surface area contributed by atoms with E-state index in [1.165, 1.54) is 6.07 Å². The molecule has 1 aromatic carbocycles. The van der Waals surface area contributed by atoms with Gasteiger partial charge in [0.1, 0.15) is 10.8 Å². The second-order valence-corrected chi connectivity index (χ2v) is 6.50. The Morgan fingerprint density at radius 2 is 2.04 bits per heavy atom. The first-order valence-corrected chi connectivity index (χ1v) is 9.16. The van der Waals surface area contributed by atoms with E-state index in [9.17, 15) is 9.18 Å². The predicted octanol–water partition coefficient (Wildman–Crippen LogP) is 3.37. The van der Waals surface area contributed by atoms with Gasteiger partial charge in [0.25, 0.3) is 0 Å². The van der Waals surface area contributed by atoms with Gasteiger partial charge < -0.3 is 5.32 Å². The lowest BCUT2D eigenvalue weighted by atomic mass is 10.1. The smallest absolute Gasteiger partial charge is 0.220 e. The molecule has 24 heavy (non-hydrogen) atoms. The van der Waals surface area contributed by atoms with Gasteiger partial charge in [-0.2, -0.15) is 0 Å². The van der Waals surface area contributed by atoms with Crippen LogP contribution in [0.5, 0.6) is 0 Å². The Balaban J connectivity index is 1.76. The van der Waals surface area contributed by atoms with E-state index in [0.29, 0.717) is 18.5 Å². The van der Waals surface area contributed by atoms with Crippen molar-refractivity contribution in [2.45, 2.75) is 39.8 Å². The van der Waals surface area contributed by atoms with Crippen LogP contribution in [0.1, 0.15) is 36.5 Å². The number of thiazole rings is 1. The maximum absolute atomic E-state index is 13.5. The molecular formula is C18H24FN3OS. The topological polar surface area (TPSA) is 45.2 Å². The summed E-state index contributed by atoms with van der Waals surface area (Å²) in [5, 5.41) is 5.80. The van der Waals surface area contributed by atoms with Gasteiger partial charge in [-0.25, -0.2) is 9.37 Å². The summed E-state index contributed by atoms with van der Waals surface area (Å²) in [7, 11) is 0. The zero-order valence-electron chi connectivity index (χ0n) is 14.2. The lowest BCUT2D eigenvalue weighted by Crippen LogP contribution is -2.24. The minimum absolute atomic E-state index is 0.0845. The van der Waals surface area contributed by atoms with Crippen molar-refractivity contribution in [1.29, 1.82) is 0 Å². The Kier molecular flexibility index (Phi) is 7.34. The van der Waals surface area contributed by atoms with Crippen LogP contribution in [-0.4, -0.2) is 28.9 Å². The Morgan fingerprint density at radius 3 is 2.75 bits per heavy atom. The normalized spacial score (nSPS) is 11.0. The monoisotopic (exact) mass is 349 g/mol. The van der Waals surface area contributed by atoms with Crippen LogP contribution < -0.4 is 5.32 Å². The maximum atomic E-state index is 13.5. The van der Waals surface area contributed by atoms with E-state index in [1.54, 1.807) is 29.5 Å². The molecule has 6 heteroatoms. The highest BCUT2D eigenvalue weighted by molar-refractivity contribution is 7.09. The Labute approximate surface area is 146 Å². The molecule has 0 aliphatic heterocycles. The van der Waals surface area contributed by atoms with E-state index >= 15 is 0 Å². The van der Waals surface area contributed by atoms with Gasteiger partial charge in [-0.1, -0.05) is 32.0 Å². The molecule has 0 spiro atoms. The molecule has 1 heterocycles. The van der Waals surface area contributed by atoms with Gasteiger partial charge in [0.05, 0.1) is 12.2 Å². The molecule has 0 saturated carbocycles. The van der Waals surface area contributed by atoms with E-state index in [4.69, 9.17) is 0 Å². The standard InChI is InChI=1S/C18H24FN3OS/c1-3-22(4-2)12-15-13-24-18(21-15)11-20-17(23)10-9-14-7-5-6-8-16(14)19/h5-8,13H,3-4,9-12H2,1-2H3,(H,20,23).